The summed E-state index contributed by atoms with van der Waals surface area (Å²) in [5.74, 6) is 0.898. The highest BCUT2D eigenvalue weighted by Gasteiger charge is 2.43. The number of hydrogen-bond donors (Lipinski definition) is 2. The minimum Gasteiger partial charge on any atom is -0.410 e. The zero-order valence-electron chi connectivity index (χ0n) is 21.3. The summed E-state index contributed by atoms with van der Waals surface area (Å²) in [6.45, 7) is 6.15. The largest absolute Gasteiger partial charge is 0.413 e. The summed E-state index contributed by atoms with van der Waals surface area (Å²) in [4.78, 5) is 29.4. The van der Waals surface area contributed by atoms with Crippen molar-refractivity contribution in [1.82, 2.24) is 15.6 Å². The Labute approximate surface area is 217 Å². The Morgan fingerprint density at radius 1 is 0.973 bits per heavy atom. The smallest absolute Gasteiger partial charge is 0.410 e. The SMILES string of the molecule is CC(C)(C)NC(=O)Oc1cccc(-c2ccc(CNC(=O)C3CC3c3ccccc3)c3cnccc23)c1. The highest BCUT2D eigenvalue weighted by atomic mass is 16.6. The molecule has 0 aliphatic heterocycles. The van der Waals surface area contributed by atoms with Gasteiger partial charge in [0.1, 0.15) is 5.75 Å². The lowest BCUT2D eigenvalue weighted by atomic mass is 9.96. The number of aromatic nitrogens is 1. The van der Waals surface area contributed by atoms with Crippen LogP contribution in [-0.2, 0) is 11.3 Å². The molecule has 2 atom stereocenters. The predicted octanol–water partition coefficient (Wildman–Crippen LogP) is 6.21. The maximum absolute atomic E-state index is 12.8. The molecule has 1 saturated carbocycles. The molecule has 0 bridgehead atoms. The number of amides is 2. The molecule has 2 N–H and O–H groups in total. The van der Waals surface area contributed by atoms with Gasteiger partial charge in [-0.3, -0.25) is 9.78 Å². The number of ether oxygens (including phenoxy) is 1. The molecule has 3 aromatic carbocycles. The van der Waals surface area contributed by atoms with E-state index in [0.29, 0.717) is 18.2 Å². The Kier molecular flexibility index (Phi) is 6.66. The monoisotopic (exact) mass is 493 g/mol. The van der Waals surface area contributed by atoms with Crippen LogP contribution in [0.3, 0.4) is 0 Å². The Morgan fingerprint density at radius 3 is 2.57 bits per heavy atom. The third-order valence-electron chi connectivity index (χ3n) is 6.55. The fourth-order valence-corrected chi connectivity index (χ4v) is 4.69. The van der Waals surface area contributed by atoms with Gasteiger partial charge >= 0.3 is 6.09 Å². The first-order valence-electron chi connectivity index (χ1n) is 12.6. The lowest BCUT2D eigenvalue weighted by Crippen LogP contribution is -2.42. The topological polar surface area (TPSA) is 80.3 Å². The van der Waals surface area contributed by atoms with E-state index in [1.807, 2.05) is 81.6 Å². The van der Waals surface area contributed by atoms with Gasteiger partial charge in [-0.1, -0.05) is 54.6 Å². The molecule has 1 aromatic heterocycles. The second-order valence-electron chi connectivity index (χ2n) is 10.6. The molecule has 0 saturated heterocycles. The summed E-state index contributed by atoms with van der Waals surface area (Å²) < 4.78 is 5.51. The average Bonchev–Trinajstić information content (AvgIpc) is 3.68. The molecule has 6 heteroatoms. The van der Waals surface area contributed by atoms with Crippen LogP contribution >= 0.6 is 0 Å². The van der Waals surface area contributed by atoms with Gasteiger partial charge in [0.2, 0.25) is 5.91 Å². The summed E-state index contributed by atoms with van der Waals surface area (Å²) in [6, 6.07) is 23.7. The summed E-state index contributed by atoms with van der Waals surface area (Å²) in [5, 5.41) is 7.94. The average molecular weight is 494 g/mol. The van der Waals surface area contributed by atoms with E-state index in [1.54, 1.807) is 12.3 Å². The van der Waals surface area contributed by atoms with Crippen molar-refractivity contribution >= 4 is 22.8 Å². The number of rotatable bonds is 6. The Balaban J connectivity index is 1.32. The minimum atomic E-state index is -0.491. The number of carbonyl (C=O) groups is 2. The van der Waals surface area contributed by atoms with Crippen LogP contribution in [0.4, 0.5) is 4.79 Å². The van der Waals surface area contributed by atoms with Crippen LogP contribution < -0.4 is 15.4 Å². The normalized spacial score (nSPS) is 16.7. The number of nitrogens with one attached hydrogen (secondary N) is 2. The molecule has 6 nitrogen and oxygen atoms in total. The van der Waals surface area contributed by atoms with Crippen LogP contribution in [0.1, 0.15) is 44.2 Å². The Bertz CT molecular complexity index is 1440. The van der Waals surface area contributed by atoms with Gasteiger partial charge in [0.05, 0.1) is 0 Å². The quantitative estimate of drug-likeness (QED) is 0.335. The number of carbonyl (C=O) groups excluding carboxylic acids is 2. The minimum absolute atomic E-state index is 0.0317. The maximum Gasteiger partial charge on any atom is 0.413 e. The molecule has 1 fully saturated rings. The van der Waals surface area contributed by atoms with E-state index in [4.69, 9.17) is 4.74 Å². The van der Waals surface area contributed by atoms with Gasteiger partial charge in [0, 0.05) is 35.8 Å². The number of hydrogen-bond acceptors (Lipinski definition) is 4. The van der Waals surface area contributed by atoms with Gasteiger partial charge < -0.3 is 15.4 Å². The first-order valence-corrected chi connectivity index (χ1v) is 12.6. The lowest BCUT2D eigenvalue weighted by molar-refractivity contribution is -0.122. The summed E-state index contributed by atoms with van der Waals surface area (Å²) in [6.07, 6.45) is 4.00. The van der Waals surface area contributed by atoms with Crippen molar-refractivity contribution in [2.75, 3.05) is 0 Å². The van der Waals surface area contributed by atoms with Gasteiger partial charge in [-0.15, -0.1) is 0 Å². The van der Waals surface area contributed by atoms with Gasteiger partial charge in [0.25, 0.3) is 0 Å². The van der Waals surface area contributed by atoms with Crippen LogP contribution in [0.25, 0.3) is 21.9 Å². The molecule has 0 spiro atoms. The number of pyridine rings is 1. The van der Waals surface area contributed by atoms with E-state index in [9.17, 15) is 9.59 Å². The Hall–Kier alpha value is -4.19. The van der Waals surface area contributed by atoms with Crippen molar-refractivity contribution in [3.8, 4) is 16.9 Å². The predicted molar refractivity (Wildman–Crippen MR) is 145 cm³/mol. The third-order valence-corrected chi connectivity index (χ3v) is 6.55. The van der Waals surface area contributed by atoms with E-state index in [-0.39, 0.29) is 17.4 Å². The second kappa shape index (κ2) is 10.1. The van der Waals surface area contributed by atoms with Gasteiger partial charge in [0.15, 0.2) is 0 Å². The van der Waals surface area contributed by atoms with Crippen LogP contribution in [0, 0.1) is 5.92 Å². The van der Waals surface area contributed by atoms with Crippen molar-refractivity contribution in [3.05, 3.63) is 96.3 Å². The van der Waals surface area contributed by atoms with Gasteiger partial charge in [-0.05, 0) is 78.9 Å². The zero-order chi connectivity index (χ0) is 26.0. The molecule has 5 rings (SSSR count). The van der Waals surface area contributed by atoms with Crippen LogP contribution in [0.5, 0.6) is 5.75 Å². The van der Waals surface area contributed by atoms with E-state index in [2.05, 4.69) is 27.8 Å². The Morgan fingerprint density at radius 2 is 1.78 bits per heavy atom. The first-order chi connectivity index (χ1) is 17.8. The molecule has 4 aromatic rings. The summed E-state index contributed by atoms with van der Waals surface area (Å²) in [7, 11) is 0. The summed E-state index contributed by atoms with van der Waals surface area (Å²) in [5.41, 5.74) is 3.78. The van der Waals surface area contributed by atoms with E-state index in [0.717, 1.165) is 33.9 Å². The van der Waals surface area contributed by atoms with Crippen LogP contribution in [0.15, 0.2) is 85.2 Å². The first kappa shape index (κ1) is 24.5. The van der Waals surface area contributed by atoms with Gasteiger partial charge in [-0.2, -0.15) is 0 Å². The molecule has 37 heavy (non-hydrogen) atoms. The van der Waals surface area contributed by atoms with Crippen molar-refractivity contribution < 1.29 is 14.3 Å². The van der Waals surface area contributed by atoms with Gasteiger partial charge in [-0.25, -0.2) is 4.79 Å². The number of fused-ring (bicyclic) bond motifs is 1. The van der Waals surface area contributed by atoms with Crippen molar-refractivity contribution in [1.29, 1.82) is 0 Å². The molecule has 1 aliphatic carbocycles. The number of benzene rings is 3. The van der Waals surface area contributed by atoms with Crippen LogP contribution in [0.2, 0.25) is 0 Å². The summed E-state index contributed by atoms with van der Waals surface area (Å²) >= 11 is 0. The molecule has 1 aliphatic rings. The molecule has 188 valence electrons. The second-order valence-corrected chi connectivity index (χ2v) is 10.6. The molecular weight excluding hydrogens is 462 g/mol. The third kappa shape index (κ3) is 5.80. The highest BCUT2D eigenvalue weighted by Crippen LogP contribution is 2.47. The van der Waals surface area contributed by atoms with Crippen molar-refractivity contribution in [3.63, 3.8) is 0 Å². The fourth-order valence-electron chi connectivity index (χ4n) is 4.69. The maximum atomic E-state index is 12.8. The van der Waals surface area contributed by atoms with E-state index >= 15 is 0 Å². The molecular formula is C31H31N3O3. The zero-order valence-corrected chi connectivity index (χ0v) is 21.3. The molecule has 2 amide bonds. The number of nitrogens with zero attached hydrogens (tertiary/aromatic N) is 1. The highest BCUT2D eigenvalue weighted by molar-refractivity contribution is 5.98. The fraction of sp³-hybridized carbons (Fsp3) is 0.258. The lowest BCUT2D eigenvalue weighted by Gasteiger charge is -2.20. The van der Waals surface area contributed by atoms with Crippen molar-refractivity contribution in [2.45, 2.75) is 45.2 Å². The molecule has 0 radical (unpaired) electrons. The standard InChI is InChI=1S/C31H31N3O3/c1-31(2,3)34-30(36)37-23-11-7-10-21(16-23)24-13-12-22(28-19-32-15-14-25(24)28)18-33-29(35)27-17-26(27)20-8-5-4-6-9-20/h4-16,19,26-27H,17-18H2,1-3H3,(H,33,35)(H,34,36). The van der Waals surface area contributed by atoms with Crippen molar-refractivity contribution in [2.24, 2.45) is 5.92 Å². The van der Waals surface area contributed by atoms with E-state index < -0.39 is 6.09 Å². The molecule has 1 heterocycles. The van der Waals surface area contributed by atoms with Crippen LogP contribution in [-0.4, -0.2) is 22.5 Å². The van der Waals surface area contributed by atoms with E-state index in [1.165, 1.54) is 5.56 Å². The molecule has 2 unspecified atom stereocenters.